The first-order valence-electron chi connectivity index (χ1n) is 11.2. The molecule has 3 aliphatic rings. The topological polar surface area (TPSA) is 109 Å². The number of carboxylic acid groups (broad SMARTS) is 1. The van der Waals surface area contributed by atoms with Gasteiger partial charge >= 0.3 is 11.8 Å². The number of carboxylic acids is 1. The van der Waals surface area contributed by atoms with Gasteiger partial charge in [-0.3, -0.25) is 9.69 Å². The van der Waals surface area contributed by atoms with E-state index in [4.69, 9.17) is 20.4 Å². The quantitative estimate of drug-likeness (QED) is 0.633. The number of aryl methyl sites for hydroxylation is 1. The second-order valence-corrected chi connectivity index (χ2v) is 9.89. The zero-order valence-corrected chi connectivity index (χ0v) is 19.6. The largest absolute Gasteiger partial charge is 0.519 e. The second kappa shape index (κ2) is 8.13. The lowest BCUT2D eigenvalue weighted by atomic mass is 9.93. The monoisotopic (exact) mass is 493 g/mol. The summed E-state index contributed by atoms with van der Waals surface area (Å²) in [6.45, 7) is 5.58. The molecule has 1 aliphatic heterocycles. The minimum Gasteiger partial charge on any atom is -0.477 e. The molecule has 0 aromatic carbocycles. The lowest BCUT2D eigenvalue weighted by Gasteiger charge is -2.44. The molecule has 2 aromatic heterocycles. The lowest BCUT2D eigenvalue weighted by molar-refractivity contribution is 0.0693. The first-order valence-corrected chi connectivity index (χ1v) is 11.6. The third-order valence-corrected chi connectivity index (χ3v) is 7.21. The maximum absolute atomic E-state index is 15.8. The Kier molecular flexibility index (Phi) is 5.48. The average Bonchev–Trinajstić information content (AvgIpc) is 3.54. The SMILES string of the molecule is Cc1oc(=O)oc1CN1CCN(C2=Cc3c(c(=O)c(C(=O)O)cn3C3CC3)CC2(F)Cl)CC1C. The molecule has 1 N–H and O–H groups in total. The molecule has 11 heteroatoms. The minimum absolute atomic E-state index is 0.0110. The van der Waals surface area contributed by atoms with Crippen LogP contribution in [-0.2, 0) is 13.0 Å². The fourth-order valence-corrected chi connectivity index (χ4v) is 5.17. The normalized spacial score (nSPS) is 25.2. The molecule has 2 atom stereocenters. The number of nitrogens with zero attached hydrogens (tertiary/aromatic N) is 3. The number of allylic oxidation sites excluding steroid dienone is 1. The van der Waals surface area contributed by atoms with Crippen LogP contribution in [0.5, 0.6) is 0 Å². The third kappa shape index (κ3) is 3.98. The highest BCUT2D eigenvalue weighted by Gasteiger charge is 2.43. The highest BCUT2D eigenvalue weighted by atomic mass is 35.5. The first-order chi connectivity index (χ1) is 16.0. The summed E-state index contributed by atoms with van der Waals surface area (Å²) in [7, 11) is 0. The van der Waals surface area contributed by atoms with Crippen molar-refractivity contribution in [2.24, 2.45) is 0 Å². The molecule has 2 aliphatic carbocycles. The van der Waals surface area contributed by atoms with Crippen LogP contribution < -0.4 is 11.3 Å². The number of aromatic nitrogens is 1. The number of hydrogen-bond donors (Lipinski definition) is 1. The standard InChI is InChI=1S/C23H25ClFN3O6/c1-12-9-27(6-5-26(12)11-18-13(2)33-22(32)34-18)19-7-17-15(8-23(19,24)25)20(29)16(21(30)31)10-28(17)14-3-4-14/h7,10,12,14H,3-6,8-9,11H2,1-2H3,(H,30,31). The molecule has 1 saturated heterocycles. The molecule has 0 spiro atoms. The molecule has 0 amide bonds. The predicted octanol–water partition coefficient (Wildman–Crippen LogP) is 2.74. The Morgan fingerprint density at radius 1 is 1.29 bits per heavy atom. The van der Waals surface area contributed by atoms with Gasteiger partial charge in [0.25, 0.3) is 0 Å². The van der Waals surface area contributed by atoms with E-state index in [0.717, 1.165) is 12.8 Å². The summed E-state index contributed by atoms with van der Waals surface area (Å²) >= 11 is 6.34. The van der Waals surface area contributed by atoms with Crippen LogP contribution in [0.15, 0.2) is 30.3 Å². The van der Waals surface area contributed by atoms with E-state index in [1.54, 1.807) is 17.6 Å². The molecule has 2 unspecified atom stereocenters. The van der Waals surface area contributed by atoms with Crippen molar-refractivity contribution in [1.82, 2.24) is 14.4 Å². The predicted molar refractivity (Wildman–Crippen MR) is 121 cm³/mol. The van der Waals surface area contributed by atoms with Gasteiger partial charge in [-0.25, -0.2) is 14.0 Å². The summed E-state index contributed by atoms with van der Waals surface area (Å²) in [5, 5.41) is 7.13. The fraction of sp³-hybridized carbons (Fsp3) is 0.522. The Bertz CT molecular complexity index is 1300. The zero-order valence-electron chi connectivity index (χ0n) is 18.8. The van der Waals surface area contributed by atoms with Crippen molar-refractivity contribution in [3.05, 3.63) is 61.1 Å². The van der Waals surface area contributed by atoms with Crippen molar-refractivity contribution < 1.29 is 23.1 Å². The number of halogens is 2. The van der Waals surface area contributed by atoms with Crippen molar-refractivity contribution in [3.63, 3.8) is 0 Å². The van der Waals surface area contributed by atoms with Crippen molar-refractivity contribution in [2.45, 2.75) is 56.9 Å². The van der Waals surface area contributed by atoms with E-state index in [0.29, 0.717) is 43.4 Å². The molecule has 5 rings (SSSR count). The van der Waals surface area contributed by atoms with Crippen LogP contribution in [0.2, 0.25) is 0 Å². The average molecular weight is 494 g/mol. The molecule has 182 valence electrons. The van der Waals surface area contributed by atoms with E-state index in [2.05, 4.69) is 4.90 Å². The van der Waals surface area contributed by atoms with Gasteiger partial charge in [0.1, 0.15) is 11.3 Å². The smallest absolute Gasteiger partial charge is 0.477 e. The Morgan fingerprint density at radius 2 is 2.03 bits per heavy atom. The molecule has 3 heterocycles. The van der Waals surface area contributed by atoms with Gasteiger partial charge in [0.05, 0.1) is 17.9 Å². The van der Waals surface area contributed by atoms with Gasteiger partial charge in [-0.1, -0.05) is 11.6 Å². The van der Waals surface area contributed by atoms with Gasteiger partial charge in [0.15, 0.2) is 11.2 Å². The van der Waals surface area contributed by atoms with E-state index in [1.165, 1.54) is 6.20 Å². The number of alkyl halides is 2. The molecule has 2 aromatic rings. The molecule has 2 fully saturated rings. The van der Waals surface area contributed by atoms with Gasteiger partial charge in [0.2, 0.25) is 5.13 Å². The third-order valence-electron chi connectivity index (χ3n) is 6.88. The van der Waals surface area contributed by atoms with Crippen LogP contribution in [0.3, 0.4) is 0 Å². The van der Waals surface area contributed by atoms with Crippen molar-refractivity contribution >= 4 is 23.6 Å². The molecule has 34 heavy (non-hydrogen) atoms. The molecular formula is C23H25ClFN3O6. The van der Waals surface area contributed by atoms with E-state index in [1.807, 2.05) is 11.8 Å². The van der Waals surface area contributed by atoms with Gasteiger partial charge < -0.3 is 23.4 Å². The number of pyridine rings is 1. The highest BCUT2D eigenvalue weighted by Crippen LogP contribution is 2.43. The van der Waals surface area contributed by atoms with Crippen LogP contribution >= 0.6 is 11.6 Å². The number of hydrogen-bond acceptors (Lipinski definition) is 7. The number of aromatic carboxylic acids is 1. The Labute approximate surface area is 199 Å². The molecule has 0 bridgehead atoms. The molecule has 0 radical (unpaired) electrons. The van der Waals surface area contributed by atoms with Gasteiger partial charge in [0, 0.05) is 49.9 Å². The summed E-state index contributed by atoms with van der Waals surface area (Å²) in [6, 6.07) is 0.0825. The van der Waals surface area contributed by atoms with Crippen LogP contribution in [0.1, 0.15) is 58.9 Å². The lowest BCUT2D eigenvalue weighted by Crippen LogP contribution is -2.53. The fourth-order valence-electron chi connectivity index (χ4n) is 4.86. The summed E-state index contributed by atoms with van der Waals surface area (Å²) in [6.07, 6.45) is 4.34. The van der Waals surface area contributed by atoms with E-state index < -0.39 is 28.8 Å². The first kappa shape index (κ1) is 22.9. The van der Waals surface area contributed by atoms with Crippen molar-refractivity contribution in [1.29, 1.82) is 0 Å². The van der Waals surface area contributed by atoms with Crippen molar-refractivity contribution in [3.8, 4) is 0 Å². The Balaban J connectivity index is 1.45. The number of carbonyl (C=O) groups is 1. The number of piperazine rings is 1. The van der Waals surface area contributed by atoms with E-state index >= 15 is 4.39 Å². The zero-order chi connectivity index (χ0) is 24.4. The van der Waals surface area contributed by atoms with Gasteiger partial charge in [-0.05, 0) is 32.8 Å². The van der Waals surface area contributed by atoms with Crippen LogP contribution in [-0.4, -0.2) is 56.2 Å². The number of rotatable bonds is 5. The Hall–Kier alpha value is -2.85. The van der Waals surface area contributed by atoms with Crippen LogP contribution in [0.25, 0.3) is 6.08 Å². The van der Waals surface area contributed by atoms with Crippen LogP contribution in [0.4, 0.5) is 4.39 Å². The molecule has 9 nitrogen and oxygen atoms in total. The van der Waals surface area contributed by atoms with E-state index in [-0.39, 0.29) is 28.9 Å². The van der Waals surface area contributed by atoms with Crippen LogP contribution in [0, 0.1) is 6.92 Å². The molecular weight excluding hydrogens is 469 g/mol. The second-order valence-electron chi connectivity index (χ2n) is 9.29. The Morgan fingerprint density at radius 3 is 2.62 bits per heavy atom. The summed E-state index contributed by atoms with van der Waals surface area (Å²) in [4.78, 5) is 39.7. The van der Waals surface area contributed by atoms with Gasteiger partial charge in [-0.2, -0.15) is 0 Å². The summed E-state index contributed by atoms with van der Waals surface area (Å²) in [5.41, 5.74) is -0.139. The van der Waals surface area contributed by atoms with Gasteiger partial charge in [-0.15, -0.1) is 0 Å². The van der Waals surface area contributed by atoms with Crippen molar-refractivity contribution in [2.75, 3.05) is 19.6 Å². The number of fused-ring (bicyclic) bond motifs is 1. The summed E-state index contributed by atoms with van der Waals surface area (Å²) in [5.74, 6) is -1.16. The maximum atomic E-state index is 15.8. The summed E-state index contributed by atoms with van der Waals surface area (Å²) < 4.78 is 27.6. The minimum atomic E-state index is -2.33. The molecule has 1 saturated carbocycles. The highest BCUT2D eigenvalue weighted by molar-refractivity contribution is 6.25. The maximum Gasteiger partial charge on any atom is 0.519 e. The van der Waals surface area contributed by atoms with E-state index in [9.17, 15) is 19.5 Å².